The number of nitrogens with one attached hydrogen (secondary N) is 1. The molecule has 1 aromatic rings. The molecule has 5 nitrogen and oxygen atoms in total. The molecule has 0 saturated carbocycles. The molecule has 0 spiro atoms. The van der Waals surface area contributed by atoms with Crippen LogP contribution in [0.3, 0.4) is 0 Å². The predicted octanol–water partition coefficient (Wildman–Crippen LogP) is 2.40. The zero-order valence-electron chi connectivity index (χ0n) is 11.4. The molecule has 18 heavy (non-hydrogen) atoms. The Morgan fingerprint density at radius 1 is 1.44 bits per heavy atom. The maximum absolute atomic E-state index is 11.3. The molecule has 0 aliphatic heterocycles. The van der Waals surface area contributed by atoms with Crippen LogP contribution in [0.2, 0.25) is 0 Å². The Morgan fingerprint density at radius 2 is 2.11 bits per heavy atom. The maximum atomic E-state index is 11.3. The highest BCUT2D eigenvalue weighted by atomic mass is 16.4. The SMILES string of the molecule is CCCC(C)(Nc1cc(CC)nc(C)n1)C(=O)O. The van der Waals surface area contributed by atoms with Crippen LogP contribution in [0.5, 0.6) is 0 Å². The number of carboxylic acid groups (broad SMARTS) is 1. The third-order valence-corrected chi connectivity index (χ3v) is 2.88. The summed E-state index contributed by atoms with van der Waals surface area (Å²) < 4.78 is 0. The van der Waals surface area contributed by atoms with Crippen LogP contribution in [0.4, 0.5) is 5.82 Å². The normalized spacial score (nSPS) is 14.0. The minimum atomic E-state index is -0.986. The van der Waals surface area contributed by atoms with Gasteiger partial charge in [0.1, 0.15) is 17.2 Å². The number of aryl methyl sites for hydroxylation is 2. The van der Waals surface area contributed by atoms with Gasteiger partial charge in [-0.15, -0.1) is 0 Å². The van der Waals surface area contributed by atoms with Gasteiger partial charge in [-0.3, -0.25) is 0 Å². The lowest BCUT2D eigenvalue weighted by molar-refractivity contribution is -0.142. The van der Waals surface area contributed by atoms with E-state index in [1.54, 1.807) is 6.92 Å². The first kappa shape index (κ1) is 14.4. The number of hydrogen-bond acceptors (Lipinski definition) is 4. The molecule has 0 saturated heterocycles. The molecule has 1 atom stereocenters. The number of aliphatic carboxylic acids is 1. The lowest BCUT2D eigenvalue weighted by Gasteiger charge is -2.26. The van der Waals surface area contributed by atoms with Crippen LogP contribution in [0.25, 0.3) is 0 Å². The monoisotopic (exact) mass is 251 g/mol. The third-order valence-electron chi connectivity index (χ3n) is 2.88. The summed E-state index contributed by atoms with van der Waals surface area (Å²) in [5.74, 6) is 0.373. The molecular weight excluding hydrogens is 230 g/mol. The summed E-state index contributed by atoms with van der Waals surface area (Å²) in [6, 6.07) is 1.81. The van der Waals surface area contributed by atoms with Gasteiger partial charge < -0.3 is 10.4 Å². The van der Waals surface area contributed by atoms with E-state index < -0.39 is 11.5 Å². The van der Waals surface area contributed by atoms with Gasteiger partial charge in [-0.25, -0.2) is 14.8 Å². The fraction of sp³-hybridized carbons (Fsp3) is 0.615. The average Bonchev–Trinajstić information content (AvgIpc) is 2.28. The molecule has 1 aromatic heterocycles. The summed E-state index contributed by atoms with van der Waals surface area (Å²) in [6.45, 7) is 7.46. The number of hydrogen-bond donors (Lipinski definition) is 2. The molecule has 0 aliphatic carbocycles. The Labute approximate surface area is 108 Å². The van der Waals surface area contributed by atoms with Crippen molar-refractivity contribution in [2.24, 2.45) is 0 Å². The third kappa shape index (κ3) is 3.42. The molecule has 1 unspecified atom stereocenters. The van der Waals surface area contributed by atoms with Crippen LogP contribution in [0.15, 0.2) is 6.07 Å². The van der Waals surface area contributed by atoms with Crippen LogP contribution in [0.1, 0.15) is 45.1 Å². The standard InChI is InChI=1S/C13H21N3O2/c1-5-7-13(4,12(17)18)16-11-8-10(6-2)14-9(3)15-11/h8H,5-7H2,1-4H3,(H,17,18)(H,14,15,16). The Kier molecular flexibility index (Phi) is 4.64. The van der Waals surface area contributed by atoms with Crippen molar-refractivity contribution in [1.82, 2.24) is 9.97 Å². The number of nitrogens with zero attached hydrogens (tertiary/aromatic N) is 2. The smallest absolute Gasteiger partial charge is 0.329 e. The average molecular weight is 251 g/mol. The zero-order valence-corrected chi connectivity index (χ0v) is 11.4. The summed E-state index contributed by atoms with van der Waals surface area (Å²) >= 11 is 0. The first-order valence-electron chi connectivity index (χ1n) is 6.27. The van der Waals surface area contributed by atoms with Gasteiger partial charge in [0, 0.05) is 11.8 Å². The number of carbonyl (C=O) groups is 1. The molecule has 5 heteroatoms. The van der Waals surface area contributed by atoms with Crippen LogP contribution in [-0.2, 0) is 11.2 Å². The fourth-order valence-corrected chi connectivity index (χ4v) is 1.88. The highest BCUT2D eigenvalue weighted by Crippen LogP contribution is 2.20. The largest absolute Gasteiger partial charge is 0.480 e. The Bertz CT molecular complexity index is 434. The highest BCUT2D eigenvalue weighted by Gasteiger charge is 2.32. The molecule has 0 aromatic carbocycles. The van der Waals surface area contributed by atoms with Crippen LogP contribution in [-0.4, -0.2) is 26.6 Å². The second kappa shape index (κ2) is 5.80. The van der Waals surface area contributed by atoms with Crippen molar-refractivity contribution in [2.45, 2.75) is 52.5 Å². The van der Waals surface area contributed by atoms with E-state index in [0.29, 0.717) is 18.1 Å². The maximum Gasteiger partial charge on any atom is 0.329 e. The molecule has 2 N–H and O–H groups in total. The minimum absolute atomic E-state index is 0.548. The van der Waals surface area contributed by atoms with E-state index in [9.17, 15) is 9.90 Å². The van der Waals surface area contributed by atoms with E-state index >= 15 is 0 Å². The summed E-state index contributed by atoms with van der Waals surface area (Å²) in [4.78, 5) is 19.9. The van der Waals surface area contributed by atoms with E-state index in [1.165, 1.54) is 0 Å². The topological polar surface area (TPSA) is 75.1 Å². The minimum Gasteiger partial charge on any atom is -0.480 e. The molecule has 0 radical (unpaired) electrons. The summed E-state index contributed by atoms with van der Waals surface area (Å²) in [6.07, 6.45) is 2.14. The summed E-state index contributed by atoms with van der Waals surface area (Å²) in [7, 11) is 0. The van der Waals surface area contributed by atoms with Gasteiger partial charge in [-0.1, -0.05) is 20.3 Å². The van der Waals surface area contributed by atoms with Crippen molar-refractivity contribution >= 4 is 11.8 Å². The van der Waals surface area contributed by atoms with Gasteiger partial charge in [0.25, 0.3) is 0 Å². The first-order valence-corrected chi connectivity index (χ1v) is 6.27. The van der Waals surface area contributed by atoms with Crippen molar-refractivity contribution in [3.63, 3.8) is 0 Å². The fourth-order valence-electron chi connectivity index (χ4n) is 1.88. The lowest BCUT2D eigenvalue weighted by atomic mass is 9.96. The van der Waals surface area contributed by atoms with Crippen LogP contribution < -0.4 is 5.32 Å². The Balaban J connectivity index is 3.00. The molecule has 0 aliphatic rings. The number of anilines is 1. The van der Waals surface area contributed by atoms with Crippen LogP contribution >= 0.6 is 0 Å². The molecule has 0 fully saturated rings. The molecular formula is C13H21N3O2. The Hall–Kier alpha value is -1.65. The molecule has 0 amide bonds. The van der Waals surface area contributed by atoms with Crippen molar-refractivity contribution in [2.75, 3.05) is 5.32 Å². The van der Waals surface area contributed by atoms with Gasteiger partial charge in [0.05, 0.1) is 0 Å². The van der Waals surface area contributed by atoms with Gasteiger partial charge in [0.2, 0.25) is 0 Å². The van der Waals surface area contributed by atoms with E-state index in [-0.39, 0.29) is 0 Å². The second-order valence-electron chi connectivity index (χ2n) is 4.66. The lowest BCUT2D eigenvalue weighted by Crippen LogP contribution is -2.43. The first-order chi connectivity index (χ1) is 8.41. The molecule has 1 heterocycles. The van der Waals surface area contributed by atoms with Gasteiger partial charge >= 0.3 is 5.97 Å². The van der Waals surface area contributed by atoms with Gasteiger partial charge in [0.15, 0.2) is 0 Å². The molecule has 0 bridgehead atoms. The highest BCUT2D eigenvalue weighted by molar-refractivity contribution is 5.81. The number of carboxylic acids is 1. The van der Waals surface area contributed by atoms with E-state index in [4.69, 9.17) is 0 Å². The zero-order chi connectivity index (χ0) is 13.8. The van der Waals surface area contributed by atoms with Crippen LogP contribution in [0, 0.1) is 6.92 Å². The predicted molar refractivity (Wildman–Crippen MR) is 70.7 cm³/mol. The summed E-state index contributed by atoms with van der Waals surface area (Å²) in [5.41, 5.74) is -0.0742. The second-order valence-corrected chi connectivity index (χ2v) is 4.66. The van der Waals surface area contributed by atoms with Crippen molar-refractivity contribution in [1.29, 1.82) is 0 Å². The number of aromatic nitrogens is 2. The molecule has 1 rings (SSSR count). The Morgan fingerprint density at radius 3 is 2.61 bits per heavy atom. The van der Waals surface area contributed by atoms with E-state index in [2.05, 4.69) is 15.3 Å². The molecule has 100 valence electrons. The van der Waals surface area contributed by atoms with Crippen molar-refractivity contribution < 1.29 is 9.90 Å². The van der Waals surface area contributed by atoms with E-state index in [0.717, 1.165) is 18.5 Å². The summed E-state index contributed by atoms with van der Waals surface area (Å²) in [5, 5.41) is 12.3. The van der Waals surface area contributed by atoms with Gasteiger partial charge in [-0.2, -0.15) is 0 Å². The number of rotatable bonds is 6. The quantitative estimate of drug-likeness (QED) is 0.812. The van der Waals surface area contributed by atoms with Crippen molar-refractivity contribution in [3.8, 4) is 0 Å². The van der Waals surface area contributed by atoms with E-state index in [1.807, 2.05) is 26.8 Å². The van der Waals surface area contributed by atoms with Crippen molar-refractivity contribution in [3.05, 3.63) is 17.6 Å². The van der Waals surface area contributed by atoms with Gasteiger partial charge in [-0.05, 0) is 26.7 Å².